The Morgan fingerprint density at radius 1 is 1.07 bits per heavy atom. The molecule has 0 amide bonds. The Labute approximate surface area is 171 Å². The third kappa shape index (κ3) is 5.55. The standard InChI is InChI=1S/C22H34N4O3/c1-6-7-8-9-10-11-12-13-14-15-16-23-18-17(19(27)24-21(29)25(18)5)26(16)20(28)22(2,3)4/h6H,1,7-15H2,2-5H3,(H,24,27,29). The summed E-state index contributed by atoms with van der Waals surface area (Å²) in [7, 11) is 1.55. The highest BCUT2D eigenvalue weighted by atomic mass is 16.2. The monoisotopic (exact) mass is 402 g/mol. The molecule has 0 bridgehead atoms. The van der Waals surface area contributed by atoms with Gasteiger partial charge in [-0.05, 0) is 19.3 Å². The molecule has 0 aliphatic rings. The first-order valence-electron chi connectivity index (χ1n) is 10.5. The minimum atomic E-state index is -0.672. The van der Waals surface area contributed by atoms with Gasteiger partial charge < -0.3 is 0 Å². The number of H-pyrrole nitrogens is 1. The maximum Gasteiger partial charge on any atom is 0.329 e. The van der Waals surface area contributed by atoms with E-state index in [2.05, 4.69) is 16.5 Å². The molecule has 0 aliphatic carbocycles. The number of allylic oxidation sites excluding steroid dienone is 1. The predicted octanol–water partition coefficient (Wildman–Crippen LogP) is 3.96. The summed E-state index contributed by atoms with van der Waals surface area (Å²) < 4.78 is 2.71. The summed E-state index contributed by atoms with van der Waals surface area (Å²) in [5, 5.41) is 0. The quantitative estimate of drug-likeness (QED) is 0.481. The maximum atomic E-state index is 13.0. The van der Waals surface area contributed by atoms with Crippen molar-refractivity contribution in [3.8, 4) is 0 Å². The largest absolute Gasteiger partial charge is 0.329 e. The van der Waals surface area contributed by atoms with E-state index in [1.54, 1.807) is 7.05 Å². The number of unbranched alkanes of at least 4 members (excludes halogenated alkanes) is 7. The Kier molecular flexibility index (Phi) is 7.76. The van der Waals surface area contributed by atoms with Crippen LogP contribution in [0, 0.1) is 5.41 Å². The molecule has 0 atom stereocenters. The predicted molar refractivity (Wildman–Crippen MR) is 117 cm³/mol. The van der Waals surface area contributed by atoms with Crippen LogP contribution in [-0.4, -0.2) is 25.0 Å². The number of aryl methyl sites for hydroxylation is 2. The Morgan fingerprint density at radius 3 is 2.24 bits per heavy atom. The third-order valence-corrected chi connectivity index (χ3v) is 5.14. The second kappa shape index (κ2) is 9.85. The number of nitrogens with one attached hydrogen (secondary N) is 1. The van der Waals surface area contributed by atoms with Gasteiger partial charge in [-0.1, -0.05) is 59.0 Å². The zero-order valence-corrected chi connectivity index (χ0v) is 18.2. The molecule has 7 nitrogen and oxygen atoms in total. The normalized spacial score (nSPS) is 11.9. The average Bonchev–Trinajstić information content (AvgIpc) is 3.03. The summed E-state index contributed by atoms with van der Waals surface area (Å²) in [6, 6.07) is 0. The van der Waals surface area contributed by atoms with Crippen LogP contribution < -0.4 is 11.2 Å². The van der Waals surface area contributed by atoms with Crippen LogP contribution in [0.4, 0.5) is 0 Å². The van der Waals surface area contributed by atoms with Gasteiger partial charge in [-0.3, -0.25) is 23.7 Å². The van der Waals surface area contributed by atoms with Gasteiger partial charge in [0.05, 0.1) is 0 Å². The summed E-state index contributed by atoms with van der Waals surface area (Å²) in [4.78, 5) is 44.2. The van der Waals surface area contributed by atoms with Crippen LogP contribution in [0.15, 0.2) is 22.2 Å². The number of carbonyl (C=O) groups excluding carboxylic acids is 1. The van der Waals surface area contributed by atoms with Gasteiger partial charge >= 0.3 is 5.69 Å². The molecule has 7 heteroatoms. The molecule has 0 aromatic carbocycles. The van der Waals surface area contributed by atoms with E-state index in [4.69, 9.17) is 0 Å². The van der Waals surface area contributed by atoms with Crippen LogP contribution >= 0.6 is 0 Å². The molecule has 29 heavy (non-hydrogen) atoms. The minimum Gasteiger partial charge on any atom is -0.279 e. The summed E-state index contributed by atoms with van der Waals surface area (Å²) in [6.45, 7) is 9.18. The number of nitrogens with zero attached hydrogens (tertiary/aromatic N) is 3. The molecule has 0 aliphatic heterocycles. The van der Waals surface area contributed by atoms with Crippen molar-refractivity contribution in [2.45, 2.75) is 78.6 Å². The van der Waals surface area contributed by atoms with Crippen LogP contribution in [0.1, 0.15) is 82.8 Å². The molecule has 0 fully saturated rings. The van der Waals surface area contributed by atoms with Crippen molar-refractivity contribution >= 4 is 17.1 Å². The van der Waals surface area contributed by atoms with Crippen molar-refractivity contribution in [3.63, 3.8) is 0 Å². The third-order valence-electron chi connectivity index (χ3n) is 5.14. The molecule has 0 saturated carbocycles. The topological polar surface area (TPSA) is 89.8 Å². The van der Waals surface area contributed by atoms with Crippen molar-refractivity contribution in [3.05, 3.63) is 39.3 Å². The average molecular weight is 403 g/mol. The first-order valence-corrected chi connectivity index (χ1v) is 10.5. The van der Waals surface area contributed by atoms with Gasteiger partial charge in [-0.2, -0.15) is 0 Å². The summed E-state index contributed by atoms with van der Waals surface area (Å²) in [5.41, 5.74) is -1.36. The van der Waals surface area contributed by atoms with Gasteiger partial charge in [0.15, 0.2) is 11.2 Å². The van der Waals surface area contributed by atoms with E-state index in [0.29, 0.717) is 12.2 Å². The highest BCUT2D eigenvalue weighted by Crippen LogP contribution is 2.22. The Hall–Kier alpha value is -2.44. The first-order chi connectivity index (χ1) is 13.7. The zero-order valence-electron chi connectivity index (χ0n) is 18.2. The minimum absolute atomic E-state index is 0.157. The maximum absolute atomic E-state index is 13.0. The van der Waals surface area contributed by atoms with Crippen LogP contribution in [-0.2, 0) is 13.5 Å². The fourth-order valence-electron chi connectivity index (χ4n) is 3.41. The van der Waals surface area contributed by atoms with E-state index in [9.17, 15) is 14.4 Å². The highest BCUT2D eigenvalue weighted by Gasteiger charge is 2.29. The van der Waals surface area contributed by atoms with Gasteiger partial charge in [-0.15, -0.1) is 6.58 Å². The van der Waals surface area contributed by atoms with Crippen LogP contribution in [0.25, 0.3) is 11.2 Å². The Balaban J connectivity index is 2.16. The van der Waals surface area contributed by atoms with Crippen LogP contribution in [0.3, 0.4) is 0 Å². The van der Waals surface area contributed by atoms with Crippen molar-refractivity contribution in [1.29, 1.82) is 0 Å². The molecular formula is C22H34N4O3. The lowest BCUT2D eigenvalue weighted by atomic mass is 9.95. The SMILES string of the molecule is C=CCCCCCCCCCc1nc2c(c(=O)[nH]c(=O)n2C)n1C(=O)C(C)(C)C. The fourth-order valence-corrected chi connectivity index (χ4v) is 3.41. The van der Waals surface area contributed by atoms with Gasteiger partial charge in [0.1, 0.15) is 5.82 Å². The van der Waals surface area contributed by atoms with Gasteiger partial charge in [-0.25, -0.2) is 9.78 Å². The lowest BCUT2D eigenvalue weighted by Crippen LogP contribution is -2.33. The van der Waals surface area contributed by atoms with E-state index in [1.807, 2.05) is 26.8 Å². The van der Waals surface area contributed by atoms with Crippen molar-refractivity contribution in [2.24, 2.45) is 12.5 Å². The second-order valence-electron chi connectivity index (χ2n) is 8.71. The van der Waals surface area contributed by atoms with Crippen LogP contribution in [0.5, 0.6) is 0 Å². The molecule has 0 radical (unpaired) electrons. The highest BCUT2D eigenvalue weighted by molar-refractivity contribution is 5.92. The first kappa shape index (κ1) is 22.8. The van der Waals surface area contributed by atoms with Crippen molar-refractivity contribution < 1.29 is 4.79 Å². The number of fused-ring (bicyclic) bond motifs is 1. The molecule has 2 rings (SSSR count). The molecule has 1 N–H and O–H groups in total. The second-order valence-corrected chi connectivity index (χ2v) is 8.71. The number of aromatic amines is 1. The van der Waals surface area contributed by atoms with Gasteiger partial charge in [0.25, 0.3) is 5.56 Å². The van der Waals surface area contributed by atoms with E-state index in [1.165, 1.54) is 34.8 Å². The van der Waals surface area contributed by atoms with Crippen molar-refractivity contribution in [1.82, 2.24) is 19.1 Å². The number of carbonyl (C=O) groups is 1. The van der Waals surface area contributed by atoms with Crippen LogP contribution in [0.2, 0.25) is 0 Å². The smallest absolute Gasteiger partial charge is 0.279 e. The molecule has 2 heterocycles. The molecule has 0 unspecified atom stereocenters. The van der Waals surface area contributed by atoms with E-state index < -0.39 is 16.7 Å². The summed E-state index contributed by atoms with van der Waals surface area (Å²) >= 11 is 0. The molecule has 2 aromatic heterocycles. The lowest BCUT2D eigenvalue weighted by Gasteiger charge is -2.19. The number of hydrogen-bond acceptors (Lipinski definition) is 4. The molecular weight excluding hydrogens is 368 g/mol. The molecule has 2 aromatic rings. The van der Waals surface area contributed by atoms with E-state index in [0.717, 1.165) is 25.7 Å². The van der Waals surface area contributed by atoms with Gasteiger partial charge in [0.2, 0.25) is 5.91 Å². The summed E-state index contributed by atoms with van der Waals surface area (Å²) in [5.74, 6) is 0.360. The summed E-state index contributed by atoms with van der Waals surface area (Å²) in [6.07, 6.45) is 11.6. The molecule has 0 spiro atoms. The van der Waals surface area contributed by atoms with Gasteiger partial charge in [0, 0.05) is 18.9 Å². The zero-order chi connectivity index (χ0) is 21.6. The lowest BCUT2D eigenvalue weighted by molar-refractivity contribution is 0.0768. The number of imidazole rings is 1. The molecule has 0 saturated heterocycles. The van der Waals surface area contributed by atoms with E-state index in [-0.39, 0.29) is 17.1 Å². The Morgan fingerprint density at radius 2 is 1.66 bits per heavy atom. The number of hydrogen-bond donors (Lipinski definition) is 1. The number of rotatable bonds is 10. The number of aromatic nitrogens is 4. The van der Waals surface area contributed by atoms with E-state index >= 15 is 0 Å². The molecule has 160 valence electrons. The fraction of sp³-hybridized carbons (Fsp3) is 0.636. The van der Waals surface area contributed by atoms with Crippen molar-refractivity contribution in [2.75, 3.05) is 0 Å². The Bertz CT molecular complexity index is 973.